The van der Waals surface area contributed by atoms with Crippen LogP contribution in [0.3, 0.4) is 0 Å². The largest absolute Gasteiger partial charge is 0.506 e. The Balaban J connectivity index is 2.30. The summed E-state index contributed by atoms with van der Waals surface area (Å²) in [4.78, 5) is 36.7. The van der Waals surface area contributed by atoms with Gasteiger partial charge in [-0.2, -0.15) is 13.2 Å². The number of allylic oxidation sites excluding steroid dienone is 1. The summed E-state index contributed by atoms with van der Waals surface area (Å²) in [5, 5.41) is 10.4. The normalized spacial score (nSPS) is 15.1. The first-order chi connectivity index (χ1) is 12.7. The van der Waals surface area contributed by atoms with Crippen molar-refractivity contribution in [2.24, 2.45) is 0 Å². The van der Waals surface area contributed by atoms with E-state index in [-0.39, 0.29) is 18.5 Å². The average Bonchev–Trinajstić information content (AvgIpc) is 2.61. The summed E-state index contributed by atoms with van der Waals surface area (Å²) in [6.45, 7) is 0. The minimum atomic E-state index is -4.83. The Bertz CT molecular complexity index is 986. The first-order valence-electron chi connectivity index (χ1n) is 8.10. The molecule has 0 spiro atoms. The highest BCUT2D eigenvalue weighted by atomic mass is 19.4. The summed E-state index contributed by atoms with van der Waals surface area (Å²) < 4.78 is 40.6. The van der Waals surface area contributed by atoms with Crippen LogP contribution in [0.5, 0.6) is 0 Å². The zero-order chi connectivity index (χ0) is 19.8. The lowest BCUT2D eigenvalue weighted by Gasteiger charge is -2.18. The Labute approximate surface area is 151 Å². The lowest BCUT2D eigenvalue weighted by molar-refractivity contribution is -0.143. The van der Waals surface area contributed by atoms with Gasteiger partial charge in [-0.1, -0.05) is 18.2 Å². The highest BCUT2D eigenvalue weighted by molar-refractivity contribution is 6.25. The van der Waals surface area contributed by atoms with Crippen LogP contribution in [0.1, 0.15) is 30.5 Å². The zero-order valence-electron chi connectivity index (χ0n) is 13.9. The van der Waals surface area contributed by atoms with Crippen molar-refractivity contribution in [2.75, 3.05) is 0 Å². The number of Topliss-reactive ketones (excluding diaryl/α,β-unsaturated/α-hetero) is 2. The number of pyridine rings is 1. The molecule has 0 aliphatic heterocycles. The average molecular weight is 377 g/mol. The van der Waals surface area contributed by atoms with Crippen LogP contribution in [0.25, 0.3) is 11.4 Å². The van der Waals surface area contributed by atoms with Gasteiger partial charge in [0, 0.05) is 18.5 Å². The van der Waals surface area contributed by atoms with Crippen molar-refractivity contribution in [1.29, 1.82) is 0 Å². The molecule has 1 heterocycles. The van der Waals surface area contributed by atoms with Gasteiger partial charge in [0.05, 0.1) is 5.56 Å². The lowest BCUT2D eigenvalue weighted by atomic mass is 9.90. The van der Waals surface area contributed by atoms with Gasteiger partial charge in [-0.25, -0.2) is 0 Å². The maximum Gasteiger partial charge on any atom is 0.431 e. The number of para-hydroxylation sites is 1. The summed E-state index contributed by atoms with van der Waals surface area (Å²) in [7, 11) is 0. The number of hydrogen-bond donors (Lipinski definition) is 1. The number of aliphatic hydroxyl groups excluding tert-OH is 1. The molecule has 8 heteroatoms. The number of carbonyl (C=O) groups excluding carboxylic acids is 2. The Kier molecular flexibility index (Phi) is 4.73. The third-order valence-electron chi connectivity index (χ3n) is 4.24. The van der Waals surface area contributed by atoms with Crippen molar-refractivity contribution in [3.63, 3.8) is 0 Å². The van der Waals surface area contributed by atoms with Gasteiger partial charge >= 0.3 is 6.18 Å². The van der Waals surface area contributed by atoms with E-state index in [2.05, 4.69) is 0 Å². The van der Waals surface area contributed by atoms with Gasteiger partial charge in [0.2, 0.25) is 0 Å². The number of rotatable bonds is 2. The second-order valence-corrected chi connectivity index (χ2v) is 6.03. The molecule has 0 unspecified atom stereocenters. The van der Waals surface area contributed by atoms with Crippen LogP contribution in [-0.2, 0) is 15.8 Å². The number of aromatic nitrogens is 1. The van der Waals surface area contributed by atoms with Crippen LogP contribution < -0.4 is 5.56 Å². The van der Waals surface area contributed by atoms with Crippen molar-refractivity contribution in [2.45, 2.75) is 25.4 Å². The molecule has 1 aliphatic carbocycles. The quantitative estimate of drug-likeness (QED) is 0.494. The maximum atomic E-state index is 13.4. The highest BCUT2D eigenvalue weighted by Gasteiger charge is 2.36. The number of nitrogens with zero attached hydrogens (tertiary/aromatic N) is 1. The van der Waals surface area contributed by atoms with Gasteiger partial charge in [-0.05, 0) is 30.7 Å². The minimum Gasteiger partial charge on any atom is -0.506 e. The van der Waals surface area contributed by atoms with Crippen LogP contribution in [0, 0.1) is 0 Å². The number of halogens is 3. The molecular formula is C19H14F3NO4. The molecule has 1 saturated carbocycles. The van der Waals surface area contributed by atoms with Gasteiger partial charge < -0.3 is 5.11 Å². The predicted molar refractivity (Wildman–Crippen MR) is 90.5 cm³/mol. The van der Waals surface area contributed by atoms with E-state index in [1.54, 1.807) is 6.07 Å². The summed E-state index contributed by atoms with van der Waals surface area (Å²) in [6, 6.07) is 8.52. The van der Waals surface area contributed by atoms with Gasteiger partial charge in [-0.3, -0.25) is 19.0 Å². The van der Waals surface area contributed by atoms with E-state index in [1.807, 2.05) is 0 Å². The van der Waals surface area contributed by atoms with Gasteiger partial charge in [0.15, 0.2) is 11.6 Å². The molecule has 0 amide bonds. The molecule has 1 aromatic heterocycles. The van der Waals surface area contributed by atoms with Gasteiger partial charge in [0.1, 0.15) is 17.0 Å². The van der Waals surface area contributed by atoms with Crippen LogP contribution in [0.2, 0.25) is 0 Å². The van der Waals surface area contributed by atoms with E-state index < -0.39 is 45.9 Å². The van der Waals surface area contributed by atoms with Crippen LogP contribution in [0.15, 0.2) is 52.8 Å². The van der Waals surface area contributed by atoms with E-state index in [4.69, 9.17) is 0 Å². The van der Waals surface area contributed by atoms with Crippen molar-refractivity contribution in [3.05, 3.63) is 69.6 Å². The number of aliphatic hydroxyl groups is 1. The summed E-state index contributed by atoms with van der Waals surface area (Å²) in [5.41, 5.74) is -3.53. The smallest absolute Gasteiger partial charge is 0.431 e. The zero-order valence-corrected chi connectivity index (χ0v) is 13.9. The second kappa shape index (κ2) is 6.86. The first kappa shape index (κ1) is 18.6. The molecule has 1 aromatic carbocycles. The van der Waals surface area contributed by atoms with Gasteiger partial charge in [0.25, 0.3) is 5.56 Å². The first-order valence-corrected chi connectivity index (χ1v) is 8.10. The third kappa shape index (κ3) is 3.42. The van der Waals surface area contributed by atoms with Crippen LogP contribution in [0.4, 0.5) is 13.2 Å². The number of benzene rings is 1. The SMILES string of the molecule is O=C1CCCC(=O)C1=C(O)c1ccc(C(F)(F)F)n(-c2ccccc2)c1=O. The molecule has 27 heavy (non-hydrogen) atoms. The Hall–Kier alpha value is -3.16. The topological polar surface area (TPSA) is 76.4 Å². The second-order valence-electron chi connectivity index (χ2n) is 6.03. The molecule has 5 nitrogen and oxygen atoms in total. The van der Waals surface area contributed by atoms with Gasteiger partial charge in [-0.15, -0.1) is 0 Å². The molecule has 1 fully saturated rings. The van der Waals surface area contributed by atoms with Crippen molar-refractivity contribution >= 4 is 17.3 Å². The highest BCUT2D eigenvalue weighted by Crippen LogP contribution is 2.31. The minimum absolute atomic E-state index is 0.0264. The number of ketones is 2. The molecule has 1 aliphatic rings. The van der Waals surface area contributed by atoms with E-state index in [0.29, 0.717) is 17.1 Å². The lowest BCUT2D eigenvalue weighted by Crippen LogP contribution is -2.30. The van der Waals surface area contributed by atoms with Crippen molar-refractivity contribution in [3.8, 4) is 5.69 Å². The van der Waals surface area contributed by atoms with Crippen LogP contribution in [-0.4, -0.2) is 21.2 Å². The van der Waals surface area contributed by atoms with E-state index in [9.17, 15) is 32.7 Å². The predicted octanol–water partition coefficient (Wildman–Crippen LogP) is 3.45. The molecule has 3 rings (SSSR count). The van der Waals surface area contributed by atoms with E-state index >= 15 is 0 Å². The van der Waals surface area contributed by atoms with Crippen LogP contribution >= 0.6 is 0 Å². The molecular weight excluding hydrogens is 363 g/mol. The number of alkyl halides is 3. The van der Waals surface area contributed by atoms with E-state index in [0.717, 1.165) is 6.07 Å². The molecule has 0 bridgehead atoms. The number of hydrogen-bond acceptors (Lipinski definition) is 4. The molecule has 140 valence electrons. The molecule has 0 radical (unpaired) electrons. The number of carbonyl (C=O) groups is 2. The molecule has 2 aromatic rings. The monoisotopic (exact) mass is 377 g/mol. The maximum absolute atomic E-state index is 13.4. The molecule has 1 N–H and O–H groups in total. The Morgan fingerprint density at radius 1 is 0.926 bits per heavy atom. The third-order valence-corrected chi connectivity index (χ3v) is 4.24. The summed E-state index contributed by atoms with van der Waals surface area (Å²) >= 11 is 0. The summed E-state index contributed by atoms with van der Waals surface area (Å²) in [6.07, 6.45) is -4.44. The fraction of sp³-hybridized carbons (Fsp3) is 0.211. The Morgan fingerprint density at radius 2 is 1.52 bits per heavy atom. The van der Waals surface area contributed by atoms with Crippen molar-refractivity contribution < 1.29 is 27.9 Å². The molecule has 0 saturated heterocycles. The van der Waals surface area contributed by atoms with Crippen molar-refractivity contribution in [1.82, 2.24) is 4.57 Å². The Morgan fingerprint density at radius 3 is 2.07 bits per heavy atom. The molecule has 0 atom stereocenters. The summed E-state index contributed by atoms with van der Waals surface area (Å²) in [5.74, 6) is -2.14. The fourth-order valence-electron chi connectivity index (χ4n) is 2.99. The van der Waals surface area contributed by atoms with E-state index in [1.165, 1.54) is 24.3 Å². The fourth-order valence-corrected chi connectivity index (χ4v) is 2.99. The standard InChI is InChI=1S/C19H14F3NO4/c20-19(21,22)15-10-9-12(17(26)16-13(24)7-4-8-14(16)25)18(27)23(15)11-5-2-1-3-6-11/h1-3,5-6,9-10,26H,4,7-8H2.